The molecule has 1 aromatic carbocycles. The fourth-order valence-corrected chi connectivity index (χ4v) is 1.47. The molecule has 84 valence electrons. The lowest BCUT2D eigenvalue weighted by Crippen LogP contribution is -2.20. The second-order valence-corrected chi connectivity index (χ2v) is 3.50. The van der Waals surface area contributed by atoms with Gasteiger partial charge in [0, 0.05) is 11.1 Å². The number of benzene rings is 1. The van der Waals surface area contributed by atoms with Gasteiger partial charge in [-0.3, -0.25) is 0 Å². The Labute approximate surface area is 88.8 Å². The summed E-state index contributed by atoms with van der Waals surface area (Å²) in [7, 11) is 0. The summed E-state index contributed by atoms with van der Waals surface area (Å²) < 4.78 is 48.6. The van der Waals surface area contributed by atoms with Crippen molar-refractivity contribution in [2.45, 2.75) is 18.6 Å². The van der Waals surface area contributed by atoms with Gasteiger partial charge in [-0.25, -0.2) is 4.39 Å². The molecule has 0 heterocycles. The Morgan fingerprint density at radius 2 is 1.93 bits per heavy atom. The zero-order valence-electron chi connectivity index (χ0n) is 7.48. The Morgan fingerprint density at radius 1 is 1.33 bits per heavy atom. The monoisotopic (exact) mass is 241 g/mol. The van der Waals surface area contributed by atoms with E-state index in [0.717, 1.165) is 18.2 Å². The Balaban J connectivity index is 2.87. The molecular weight excluding hydrogens is 234 g/mol. The van der Waals surface area contributed by atoms with Crippen LogP contribution in [0.2, 0.25) is 5.02 Å². The molecule has 0 fully saturated rings. The van der Waals surface area contributed by atoms with E-state index in [2.05, 4.69) is 0 Å². The van der Waals surface area contributed by atoms with Gasteiger partial charge in [-0.05, 0) is 17.7 Å². The van der Waals surface area contributed by atoms with Crippen LogP contribution in [0.4, 0.5) is 17.6 Å². The first-order chi connectivity index (χ1) is 6.79. The average Bonchev–Trinajstić information content (AvgIpc) is 1.99. The molecule has 6 heteroatoms. The van der Waals surface area contributed by atoms with Crippen LogP contribution in [0.25, 0.3) is 0 Å². The molecule has 0 saturated carbocycles. The first-order valence-corrected chi connectivity index (χ1v) is 4.44. The smallest absolute Gasteiger partial charge is 0.324 e. The van der Waals surface area contributed by atoms with Gasteiger partial charge < -0.3 is 5.73 Å². The van der Waals surface area contributed by atoms with Crippen molar-refractivity contribution >= 4 is 11.6 Å². The van der Waals surface area contributed by atoms with Crippen molar-refractivity contribution < 1.29 is 17.6 Å². The molecular formula is C9H8ClF4N. The fourth-order valence-electron chi connectivity index (χ4n) is 1.16. The van der Waals surface area contributed by atoms with Crippen LogP contribution in [-0.4, -0.2) is 6.18 Å². The minimum atomic E-state index is -4.36. The van der Waals surface area contributed by atoms with Gasteiger partial charge in [0.2, 0.25) is 0 Å². The lowest BCUT2D eigenvalue weighted by molar-refractivity contribution is -0.138. The molecule has 0 amide bonds. The summed E-state index contributed by atoms with van der Waals surface area (Å²) in [6, 6.07) is 1.86. The Kier molecular flexibility index (Phi) is 3.57. The van der Waals surface area contributed by atoms with E-state index in [0.29, 0.717) is 0 Å². The minimum Gasteiger partial charge on any atom is -0.324 e. The van der Waals surface area contributed by atoms with Crippen LogP contribution in [0.1, 0.15) is 18.0 Å². The number of hydrogen-bond acceptors (Lipinski definition) is 1. The number of rotatable bonds is 2. The molecule has 1 nitrogen and oxygen atoms in total. The minimum absolute atomic E-state index is 0.0910. The Bertz CT molecular complexity index is 350. The van der Waals surface area contributed by atoms with E-state index in [1.165, 1.54) is 0 Å². The van der Waals surface area contributed by atoms with Gasteiger partial charge in [0.05, 0.1) is 6.42 Å². The van der Waals surface area contributed by atoms with Gasteiger partial charge in [0.15, 0.2) is 0 Å². The fraction of sp³-hybridized carbons (Fsp3) is 0.333. The van der Waals surface area contributed by atoms with Gasteiger partial charge in [0.25, 0.3) is 0 Å². The third kappa shape index (κ3) is 3.68. The summed E-state index contributed by atoms with van der Waals surface area (Å²) in [6.45, 7) is 0. The summed E-state index contributed by atoms with van der Waals surface area (Å²) in [4.78, 5) is 0. The molecule has 0 aromatic heterocycles. The number of nitrogens with two attached hydrogens (primary N) is 1. The van der Waals surface area contributed by atoms with Crippen molar-refractivity contribution in [1.29, 1.82) is 0 Å². The maximum Gasteiger partial charge on any atom is 0.390 e. The topological polar surface area (TPSA) is 26.0 Å². The molecule has 0 aliphatic carbocycles. The van der Waals surface area contributed by atoms with E-state index in [9.17, 15) is 17.6 Å². The SMILES string of the molecule is NC(CC(F)(F)F)c1ccc(F)cc1Cl. The van der Waals surface area contributed by atoms with Gasteiger partial charge >= 0.3 is 6.18 Å². The van der Waals surface area contributed by atoms with Crippen molar-refractivity contribution in [3.63, 3.8) is 0 Å². The quantitative estimate of drug-likeness (QED) is 0.789. The standard InChI is InChI=1S/C9H8ClF4N/c10-7-3-5(11)1-2-6(7)8(15)4-9(12,13)14/h1-3,8H,4,15H2. The normalized spacial score (nSPS) is 14.0. The molecule has 1 aromatic rings. The zero-order valence-corrected chi connectivity index (χ0v) is 8.24. The molecule has 1 rings (SSSR count). The zero-order chi connectivity index (χ0) is 11.6. The Hall–Kier alpha value is -0.810. The third-order valence-corrected chi connectivity index (χ3v) is 2.14. The van der Waals surface area contributed by atoms with E-state index in [4.69, 9.17) is 17.3 Å². The first kappa shape index (κ1) is 12.3. The summed E-state index contributed by atoms with van der Waals surface area (Å²) in [6.07, 6.45) is -5.55. The van der Waals surface area contributed by atoms with E-state index >= 15 is 0 Å². The highest BCUT2D eigenvalue weighted by atomic mass is 35.5. The Morgan fingerprint density at radius 3 is 2.40 bits per heavy atom. The number of hydrogen-bond donors (Lipinski definition) is 1. The second kappa shape index (κ2) is 4.37. The summed E-state index contributed by atoms with van der Waals surface area (Å²) >= 11 is 5.57. The highest BCUT2D eigenvalue weighted by Gasteiger charge is 2.31. The van der Waals surface area contributed by atoms with Gasteiger partial charge in [-0.2, -0.15) is 13.2 Å². The second-order valence-electron chi connectivity index (χ2n) is 3.09. The van der Waals surface area contributed by atoms with Crippen molar-refractivity contribution in [2.75, 3.05) is 0 Å². The van der Waals surface area contributed by atoms with Crippen LogP contribution in [0.3, 0.4) is 0 Å². The van der Waals surface area contributed by atoms with Crippen molar-refractivity contribution in [1.82, 2.24) is 0 Å². The maximum absolute atomic E-state index is 12.6. The average molecular weight is 242 g/mol. The van der Waals surface area contributed by atoms with Crippen LogP contribution < -0.4 is 5.73 Å². The van der Waals surface area contributed by atoms with Crippen LogP contribution >= 0.6 is 11.6 Å². The molecule has 0 saturated heterocycles. The predicted molar refractivity (Wildman–Crippen MR) is 49.0 cm³/mol. The van der Waals surface area contributed by atoms with Gasteiger partial charge in [0.1, 0.15) is 5.82 Å². The van der Waals surface area contributed by atoms with Crippen molar-refractivity contribution in [3.8, 4) is 0 Å². The number of halogens is 5. The van der Waals surface area contributed by atoms with Crippen molar-refractivity contribution in [2.24, 2.45) is 5.73 Å². The van der Waals surface area contributed by atoms with Crippen LogP contribution in [0.15, 0.2) is 18.2 Å². The van der Waals surface area contributed by atoms with Crippen LogP contribution in [0.5, 0.6) is 0 Å². The lowest BCUT2D eigenvalue weighted by Gasteiger charge is -2.15. The summed E-state index contributed by atoms with van der Waals surface area (Å²) in [5, 5.41) is -0.0910. The van der Waals surface area contributed by atoms with Gasteiger partial charge in [-0.15, -0.1) is 0 Å². The first-order valence-electron chi connectivity index (χ1n) is 4.07. The molecule has 0 spiro atoms. The highest BCUT2D eigenvalue weighted by molar-refractivity contribution is 6.31. The van der Waals surface area contributed by atoms with Crippen LogP contribution in [-0.2, 0) is 0 Å². The molecule has 1 unspecified atom stereocenters. The predicted octanol–water partition coefficient (Wildman–Crippen LogP) is 3.43. The lowest BCUT2D eigenvalue weighted by atomic mass is 10.0. The molecule has 15 heavy (non-hydrogen) atoms. The molecule has 1 atom stereocenters. The van der Waals surface area contributed by atoms with E-state index in [1.807, 2.05) is 0 Å². The van der Waals surface area contributed by atoms with Gasteiger partial charge in [-0.1, -0.05) is 17.7 Å². The van der Waals surface area contributed by atoms with E-state index in [-0.39, 0.29) is 10.6 Å². The summed E-state index contributed by atoms with van der Waals surface area (Å²) in [5.41, 5.74) is 5.40. The van der Waals surface area contributed by atoms with Crippen LogP contribution in [0, 0.1) is 5.82 Å². The highest BCUT2D eigenvalue weighted by Crippen LogP contribution is 2.31. The molecule has 0 radical (unpaired) electrons. The third-order valence-electron chi connectivity index (χ3n) is 1.81. The number of alkyl halides is 3. The largest absolute Gasteiger partial charge is 0.390 e. The van der Waals surface area contributed by atoms with E-state index < -0.39 is 24.5 Å². The van der Waals surface area contributed by atoms with Crippen molar-refractivity contribution in [3.05, 3.63) is 34.6 Å². The molecule has 0 aliphatic heterocycles. The molecule has 2 N–H and O–H groups in total. The summed E-state index contributed by atoms with van der Waals surface area (Å²) in [5.74, 6) is -0.608. The molecule has 0 bridgehead atoms. The molecule has 0 aliphatic rings. The van der Waals surface area contributed by atoms with E-state index in [1.54, 1.807) is 0 Å². The maximum atomic E-state index is 12.6.